The molecule has 0 saturated carbocycles. The van der Waals surface area contributed by atoms with Gasteiger partial charge in [0.2, 0.25) is 0 Å². The van der Waals surface area contributed by atoms with Crippen LogP contribution in [0.2, 0.25) is 10.0 Å². The summed E-state index contributed by atoms with van der Waals surface area (Å²) in [5, 5.41) is 2.89. The maximum Gasteiger partial charge on any atom is 0.324 e. The first kappa shape index (κ1) is 24.0. The van der Waals surface area contributed by atoms with Crippen molar-refractivity contribution in [3.8, 4) is 0 Å². The minimum atomic E-state index is -3.84. The number of carbonyl (C=O) groups excluding carboxylic acids is 2. The molecule has 9 nitrogen and oxygen atoms in total. The van der Waals surface area contributed by atoms with Gasteiger partial charge in [0.1, 0.15) is 6.04 Å². The molecule has 0 aliphatic heterocycles. The molecule has 2 aromatic rings. The minimum Gasteiger partial charge on any atom is -0.468 e. The van der Waals surface area contributed by atoms with Crippen molar-refractivity contribution in [1.82, 2.24) is 14.0 Å². The van der Waals surface area contributed by atoms with Gasteiger partial charge in [-0.2, -0.15) is 17.4 Å². The second-order valence-electron chi connectivity index (χ2n) is 6.31. The normalized spacial score (nSPS) is 12.5. The first-order valence-electron chi connectivity index (χ1n) is 8.52. The van der Waals surface area contributed by atoms with Crippen LogP contribution in [0.15, 0.2) is 36.7 Å². The molecule has 1 amide bonds. The fraction of sp³-hybridized carbons (Fsp3) is 0.278. The molecule has 2 rings (SSSR count). The molecule has 0 spiro atoms. The van der Waals surface area contributed by atoms with E-state index in [1.807, 2.05) is 0 Å². The Bertz CT molecular complexity index is 1010. The Balaban J connectivity index is 2.13. The summed E-state index contributed by atoms with van der Waals surface area (Å²) in [7, 11) is 0.0192. The van der Waals surface area contributed by atoms with E-state index < -0.39 is 28.1 Å². The molecule has 12 heteroatoms. The van der Waals surface area contributed by atoms with Crippen LogP contribution in [-0.4, -0.2) is 56.8 Å². The number of methoxy groups -OCH3 is 1. The SMILES string of the molecule is COC(=O)[C@H](Cc1ccc(NC(=O)c2c(Cl)cncc2Cl)cc1)NS(=O)(=O)N(C)C. The largest absolute Gasteiger partial charge is 0.468 e. The Kier molecular flexibility index (Phi) is 8.16. The first-order chi connectivity index (χ1) is 14.0. The van der Waals surface area contributed by atoms with Crippen molar-refractivity contribution < 1.29 is 22.7 Å². The van der Waals surface area contributed by atoms with Crippen molar-refractivity contribution in [3.05, 3.63) is 57.8 Å². The molecule has 0 aliphatic carbocycles. The summed E-state index contributed by atoms with van der Waals surface area (Å²) in [5.74, 6) is -1.23. The van der Waals surface area contributed by atoms with Gasteiger partial charge >= 0.3 is 5.97 Å². The number of nitrogens with zero attached hydrogens (tertiary/aromatic N) is 2. The van der Waals surface area contributed by atoms with Crippen LogP contribution in [-0.2, 0) is 26.2 Å². The van der Waals surface area contributed by atoms with E-state index in [4.69, 9.17) is 23.2 Å². The van der Waals surface area contributed by atoms with Crippen molar-refractivity contribution in [1.29, 1.82) is 0 Å². The van der Waals surface area contributed by atoms with Gasteiger partial charge in [0.15, 0.2) is 0 Å². The maximum atomic E-state index is 12.4. The Morgan fingerprint density at radius 2 is 1.70 bits per heavy atom. The third kappa shape index (κ3) is 6.13. The summed E-state index contributed by atoms with van der Waals surface area (Å²) in [4.78, 5) is 28.2. The predicted octanol–water partition coefficient (Wildman–Crippen LogP) is 2.12. The van der Waals surface area contributed by atoms with Gasteiger partial charge < -0.3 is 10.1 Å². The molecule has 1 atom stereocenters. The lowest BCUT2D eigenvalue weighted by atomic mass is 10.1. The van der Waals surface area contributed by atoms with Crippen LogP contribution in [0.3, 0.4) is 0 Å². The number of ether oxygens (including phenoxy) is 1. The van der Waals surface area contributed by atoms with Crippen LogP contribution in [0.25, 0.3) is 0 Å². The molecule has 1 aromatic heterocycles. The number of halogens is 2. The summed E-state index contributed by atoms with van der Waals surface area (Å²) >= 11 is 12.0. The highest BCUT2D eigenvalue weighted by Crippen LogP contribution is 2.24. The quantitative estimate of drug-likeness (QED) is 0.565. The number of hydrogen-bond acceptors (Lipinski definition) is 6. The Hall–Kier alpha value is -2.24. The standard InChI is InChI=1S/C18H20Cl2N4O5S/c1-24(2)30(27,28)23-15(18(26)29-3)8-11-4-6-12(7-5-11)22-17(25)16-13(19)9-21-10-14(16)20/h4-7,9-10,15,23H,8H2,1-3H3,(H,22,25)/t15-/m0/s1. The number of carbonyl (C=O) groups is 2. The van der Waals surface area contributed by atoms with Gasteiger partial charge in [0.25, 0.3) is 16.1 Å². The van der Waals surface area contributed by atoms with E-state index in [-0.39, 0.29) is 22.0 Å². The monoisotopic (exact) mass is 474 g/mol. The number of nitrogens with one attached hydrogen (secondary N) is 2. The lowest BCUT2D eigenvalue weighted by Gasteiger charge is -2.19. The van der Waals surface area contributed by atoms with Gasteiger partial charge in [-0.3, -0.25) is 14.6 Å². The summed E-state index contributed by atoms with van der Waals surface area (Å²) in [6.07, 6.45) is 2.68. The smallest absolute Gasteiger partial charge is 0.324 e. The minimum absolute atomic E-state index is 0.0516. The van der Waals surface area contributed by atoms with Crippen LogP contribution in [0.1, 0.15) is 15.9 Å². The Labute approximate surface area is 184 Å². The van der Waals surface area contributed by atoms with Crippen LogP contribution < -0.4 is 10.0 Å². The van der Waals surface area contributed by atoms with E-state index in [0.717, 1.165) is 4.31 Å². The number of pyridine rings is 1. The number of amides is 1. The second-order valence-corrected chi connectivity index (χ2v) is 9.04. The first-order valence-corrected chi connectivity index (χ1v) is 10.7. The molecule has 1 heterocycles. The van der Waals surface area contributed by atoms with Crippen molar-refractivity contribution in [2.75, 3.05) is 26.5 Å². The zero-order chi connectivity index (χ0) is 22.5. The van der Waals surface area contributed by atoms with E-state index in [1.54, 1.807) is 24.3 Å². The zero-order valence-corrected chi connectivity index (χ0v) is 18.7. The highest BCUT2D eigenvalue weighted by Gasteiger charge is 2.27. The summed E-state index contributed by atoms with van der Waals surface area (Å²) in [6.45, 7) is 0. The van der Waals surface area contributed by atoms with Crippen LogP contribution in [0, 0.1) is 0 Å². The fourth-order valence-corrected chi connectivity index (χ4v) is 3.67. The van der Waals surface area contributed by atoms with E-state index in [0.29, 0.717) is 11.3 Å². The van der Waals surface area contributed by atoms with Gasteiger partial charge in [0.05, 0.1) is 22.7 Å². The zero-order valence-electron chi connectivity index (χ0n) is 16.3. The Morgan fingerprint density at radius 3 is 2.20 bits per heavy atom. The molecular weight excluding hydrogens is 455 g/mol. The molecule has 0 saturated heterocycles. The highest BCUT2D eigenvalue weighted by molar-refractivity contribution is 7.87. The number of esters is 1. The maximum absolute atomic E-state index is 12.4. The molecule has 2 N–H and O–H groups in total. The van der Waals surface area contributed by atoms with Crippen molar-refractivity contribution in [2.45, 2.75) is 12.5 Å². The molecule has 30 heavy (non-hydrogen) atoms. The summed E-state index contributed by atoms with van der Waals surface area (Å²) in [6, 6.07) is 5.38. The third-order valence-corrected chi connectivity index (χ3v) is 6.11. The summed E-state index contributed by atoms with van der Waals surface area (Å²) < 4.78 is 32.0. The molecule has 162 valence electrons. The fourth-order valence-electron chi connectivity index (χ4n) is 2.38. The van der Waals surface area contributed by atoms with Crippen molar-refractivity contribution >= 4 is 51.0 Å². The molecule has 0 fully saturated rings. The second kappa shape index (κ2) is 10.2. The number of anilines is 1. The van der Waals surface area contributed by atoms with Crippen LogP contribution in [0.4, 0.5) is 5.69 Å². The lowest BCUT2D eigenvalue weighted by Crippen LogP contribution is -2.47. The third-order valence-electron chi connectivity index (χ3n) is 3.99. The number of hydrogen-bond donors (Lipinski definition) is 2. The van der Waals surface area contributed by atoms with E-state index in [9.17, 15) is 18.0 Å². The predicted molar refractivity (Wildman–Crippen MR) is 114 cm³/mol. The van der Waals surface area contributed by atoms with Crippen molar-refractivity contribution in [3.63, 3.8) is 0 Å². The molecular formula is C18H20Cl2N4O5S. The molecule has 0 unspecified atom stereocenters. The van der Waals surface area contributed by atoms with Crippen molar-refractivity contribution in [2.24, 2.45) is 0 Å². The van der Waals surface area contributed by atoms with E-state index in [2.05, 4.69) is 19.8 Å². The highest BCUT2D eigenvalue weighted by atomic mass is 35.5. The average molecular weight is 475 g/mol. The van der Waals surface area contributed by atoms with Gasteiger partial charge in [0, 0.05) is 32.2 Å². The molecule has 0 bridgehead atoms. The average Bonchev–Trinajstić information content (AvgIpc) is 2.68. The van der Waals surface area contributed by atoms with Gasteiger partial charge in [-0.05, 0) is 24.1 Å². The van der Waals surface area contributed by atoms with Gasteiger partial charge in [-0.15, -0.1) is 0 Å². The number of rotatable bonds is 8. The topological polar surface area (TPSA) is 118 Å². The van der Waals surface area contributed by atoms with E-state index >= 15 is 0 Å². The van der Waals surface area contributed by atoms with E-state index in [1.165, 1.54) is 33.6 Å². The number of aromatic nitrogens is 1. The number of benzene rings is 1. The van der Waals surface area contributed by atoms with Crippen LogP contribution >= 0.6 is 23.2 Å². The Morgan fingerprint density at radius 1 is 1.13 bits per heavy atom. The summed E-state index contributed by atoms with van der Waals surface area (Å²) in [5.41, 5.74) is 1.20. The van der Waals surface area contributed by atoms with Gasteiger partial charge in [-0.25, -0.2) is 0 Å². The van der Waals surface area contributed by atoms with Gasteiger partial charge in [-0.1, -0.05) is 35.3 Å². The molecule has 1 aromatic carbocycles. The lowest BCUT2D eigenvalue weighted by molar-refractivity contribution is -0.142. The molecule has 0 radical (unpaired) electrons. The molecule has 0 aliphatic rings. The van der Waals surface area contributed by atoms with Crippen LogP contribution in [0.5, 0.6) is 0 Å².